The first-order valence-electron chi connectivity index (χ1n) is 7.96. The van der Waals surface area contributed by atoms with Crippen LogP contribution < -0.4 is 5.32 Å². The number of aryl methyl sites for hydroxylation is 1. The number of pyridine rings is 2. The lowest BCUT2D eigenvalue weighted by Gasteiger charge is -2.12. The fourth-order valence-electron chi connectivity index (χ4n) is 2.13. The van der Waals surface area contributed by atoms with Crippen LogP contribution in [-0.2, 0) is 9.53 Å². The minimum atomic E-state index is -1.00. The van der Waals surface area contributed by atoms with Crippen molar-refractivity contribution in [3.63, 3.8) is 0 Å². The largest absolute Gasteiger partial charge is 0.448 e. The number of carbonyl (C=O) groups excluding carboxylic acids is 2. The number of nitrogens with one attached hydrogen (secondary N) is 1. The molecule has 0 fully saturated rings. The quantitative estimate of drug-likeness (QED) is 0.653. The molecule has 7 nitrogen and oxygen atoms in total. The Hall–Kier alpha value is -2.84. The number of ether oxygens (including phenoxy) is 1. The number of hydrogen-bond donors (Lipinski definition) is 1. The summed E-state index contributed by atoms with van der Waals surface area (Å²) in [7, 11) is 0. The number of esters is 1. The van der Waals surface area contributed by atoms with E-state index in [-0.39, 0.29) is 0 Å². The van der Waals surface area contributed by atoms with Crippen LogP contribution in [0.25, 0.3) is 10.7 Å². The van der Waals surface area contributed by atoms with E-state index in [1.54, 1.807) is 31.3 Å². The summed E-state index contributed by atoms with van der Waals surface area (Å²) in [6.07, 6.45) is 2.06. The van der Waals surface area contributed by atoms with Crippen molar-refractivity contribution in [1.82, 2.24) is 15.0 Å². The number of halogens is 1. The molecular weight excluding hydrogens is 388 g/mol. The van der Waals surface area contributed by atoms with Crippen molar-refractivity contribution in [3.05, 3.63) is 58.3 Å². The third kappa shape index (κ3) is 4.66. The Bertz CT molecular complexity index is 960. The van der Waals surface area contributed by atoms with Gasteiger partial charge in [0.05, 0.1) is 16.4 Å². The van der Waals surface area contributed by atoms with Crippen molar-refractivity contribution in [2.24, 2.45) is 0 Å². The fourth-order valence-corrected chi connectivity index (χ4v) is 3.17. The van der Waals surface area contributed by atoms with Crippen molar-refractivity contribution in [2.75, 3.05) is 5.32 Å². The van der Waals surface area contributed by atoms with Gasteiger partial charge in [-0.25, -0.2) is 14.8 Å². The summed E-state index contributed by atoms with van der Waals surface area (Å²) < 4.78 is 5.27. The van der Waals surface area contributed by atoms with Gasteiger partial charge in [-0.3, -0.25) is 9.78 Å². The topological polar surface area (TPSA) is 94.1 Å². The van der Waals surface area contributed by atoms with E-state index in [0.717, 1.165) is 0 Å². The molecule has 3 aromatic rings. The van der Waals surface area contributed by atoms with Crippen LogP contribution in [0.4, 0.5) is 5.82 Å². The Morgan fingerprint density at radius 1 is 1.22 bits per heavy atom. The predicted octanol–water partition coefficient (Wildman–Crippen LogP) is 3.75. The molecule has 0 aliphatic rings. The van der Waals surface area contributed by atoms with Crippen LogP contribution in [0.5, 0.6) is 0 Å². The van der Waals surface area contributed by atoms with Crippen molar-refractivity contribution < 1.29 is 14.3 Å². The second-order valence-electron chi connectivity index (χ2n) is 5.55. The van der Waals surface area contributed by atoms with Crippen molar-refractivity contribution in [3.8, 4) is 10.7 Å². The molecule has 1 amide bonds. The number of rotatable bonds is 5. The van der Waals surface area contributed by atoms with E-state index < -0.39 is 18.0 Å². The highest BCUT2D eigenvalue weighted by atomic mass is 35.5. The average Bonchev–Trinajstić information content (AvgIpc) is 3.06. The van der Waals surface area contributed by atoms with Crippen LogP contribution >= 0.6 is 22.9 Å². The summed E-state index contributed by atoms with van der Waals surface area (Å²) in [5.74, 6) is -0.789. The number of hydrogen-bond acceptors (Lipinski definition) is 7. The average molecular weight is 403 g/mol. The Morgan fingerprint density at radius 2 is 2.04 bits per heavy atom. The van der Waals surface area contributed by atoms with Crippen LogP contribution in [0.15, 0.2) is 42.7 Å². The van der Waals surface area contributed by atoms with Crippen LogP contribution in [0.3, 0.4) is 0 Å². The molecule has 0 saturated heterocycles. The molecule has 0 saturated carbocycles. The normalized spacial score (nSPS) is 11.7. The zero-order chi connectivity index (χ0) is 19.4. The lowest BCUT2D eigenvalue weighted by molar-refractivity contribution is -0.123. The van der Waals surface area contributed by atoms with Gasteiger partial charge in [0, 0.05) is 12.4 Å². The molecule has 0 aliphatic heterocycles. The summed E-state index contributed by atoms with van der Waals surface area (Å²) >= 11 is 6.93. The summed E-state index contributed by atoms with van der Waals surface area (Å²) in [5, 5.41) is 3.63. The van der Waals surface area contributed by atoms with Gasteiger partial charge >= 0.3 is 5.97 Å². The minimum absolute atomic E-state index is 0.318. The Morgan fingerprint density at radius 3 is 2.70 bits per heavy atom. The van der Waals surface area contributed by atoms with Crippen molar-refractivity contribution in [2.45, 2.75) is 20.0 Å². The Labute approximate surface area is 164 Å². The number of aromatic nitrogens is 3. The van der Waals surface area contributed by atoms with E-state index in [4.69, 9.17) is 16.3 Å². The van der Waals surface area contributed by atoms with Gasteiger partial charge in [-0.15, -0.1) is 11.3 Å². The van der Waals surface area contributed by atoms with E-state index >= 15 is 0 Å². The van der Waals surface area contributed by atoms with Gasteiger partial charge in [0.2, 0.25) is 0 Å². The molecule has 9 heteroatoms. The van der Waals surface area contributed by atoms with Crippen LogP contribution in [0, 0.1) is 6.92 Å². The molecule has 0 aliphatic carbocycles. The maximum atomic E-state index is 12.4. The number of nitrogens with zero attached hydrogens (tertiary/aromatic N) is 3. The molecule has 0 aromatic carbocycles. The second-order valence-corrected chi connectivity index (χ2v) is 6.98. The highest BCUT2D eigenvalue weighted by molar-refractivity contribution is 7.17. The lowest BCUT2D eigenvalue weighted by atomic mass is 10.3. The van der Waals surface area contributed by atoms with E-state index in [0.29, 0.717) is 32.1 Å². The van der Waals surface area contributed by atoms with Gasteiger partial charge in [0.1, 0.15) is 15.7 Å². The van der Waals surface area contributed by atoms with Gasteiger partial charge in [0.25, 0.3) is 5.91 Å². The zero-order valence-corrected chi connectivity index (χ0v) is 16.0. The third-order valence-corrected chi connectivity index (χ3v) is 4.88. The summed E-state index contributed by atoms with van der Waals surface area (Å²) in [5.41, 5.74) is 1.20. The third-order valence-electron chi connectivity index (χ3n) is 3.50. The smallest absolute Gasteiger partial charge is 0.351 e. The van der Waals surface area contributed by atoms with Crippen LogP contribution in [0.2, 0.25) is 5.02 Å². The lowest BCUT2D eigenvalue weighted by Crippen LogP contribution is -2.30. The molecule has 0 spiro atoms. The first kappa shape index (κ1) is 18.9. The molecule has 3 aromatic heterocycles. The summed E-state index contributed by atoms with van der Waals surface area (Å²) in [6.45, 7) is 3.20. The minimum Gasteiger partial charge on any atom is -0.448 e. The zero-order valence-electron chi connectivity index (χ0n) is 14.5. The van der Waals surface area contributed by atoms with E-state index in [2.05, 4.69) is 20.3 Å². The first-order chi connectivity index (χ1) is 12.9. The maximum absolute atomic E-state index is 12.4. The van der Waals surface area contributed by atoms with Crippen molar-refractivity contribution >= 4 is 40.6 Å². The Balaban J connectivity index is 1.67. The second kappa shape index (κ2) is 8.24. The molecule has 3 heterocycles. The number of amides is 1. The Kier molecular flexibility index (Phi) is 5.78. The number of thiazole rings is 1. The molecule has 0 radical (unpaired) electrons. The van der Waals surface area contributed by atoms with Gasteiger partial charge < -0.3 is 10.1 Å². The molecule has 1 N–H and O–H groups in total. The van der Waals surface area contributed by atoms with Crippen molar-refractivity contribution in [1.29, 1.82) is 0 Å². The van der Waals surface area contributed by atoms with Gasteiger partial charge in [0.15, 0.2) is 6.10 Å². The molecular formula is C18H15ClN4O3S. The van der Waals surface area contributed by atoms with E-state index in [9.17, 15) is 9.59 Å². The highest BCUT2D eigenvalue weighted by Crippen LogP contribution is 2.27. The molecule has 1 atom stereocenters. The number of anilines is 1. The molecule has 27 heavy (non-hydrogen) atoms. The molecule has 3 rings (SSSR count). The van der Waals surface area contributed by atoms with E-state index in [1.807, 2.05) is 12.1 Å². The van der Waals surface area contributed by atoms with Gasteiger partial charge in [-0.05, 0) is 38.1 Å². The number of carbonyl (C=O) groups is 2. The monoisotopic (exact) mass is 402 g/mol. The standard InChI is InChI=1S/C18H15ClN4O3S/c1-10-15(27-17(22-10)13-5-3-4-8-20-13)18(25)26-11(2)16(24)23-14-7-6-12(19)9-21-14/h3-9,11H,1-2H3,(H,21,23,24)/t11-/m0/s1. The van der Waals surface area contributed by atoms with Gasteiger partial charge in [-0.1, -0.05) is 17.7 Å². The predicted molar refractivity (Wildman–Crippen MR) is 103 cm³/mol. The van der Waals surface area contributed by atoms with E-state index in [1.165, 1.54) is 24.5 Å². The SMILES string of the molecule is Cc1nc(-c2ccccn2)sc1C(=O)O[C@@H](C)C(=O)Nc1ccc(Cl)cn1. The van der Waals surface area contributed by atoms with Gasteiger partial charge in [-0.2, -0.15) is 0 Å². The fraction of sp³-hybridized carbons (Fsp3) is 0.167. The molecule has 138 valence electrons. The highest BCUT2D eigenvalue weighted by Gasteiger charge is 2.23. The van der Waals surface area contributed by atoms with Crippen LogP contribution in [0.1, 0.15) is 22.3 Å². The first-order valence-corrected chi connectivity index (χ1v) is 9.15. The molecule has 0 bridgehead atoms. The molecule has 0 unspecified atom stereocenters. The summed E-state index contributed by atoms with van der Waals surface area (Å²) in [4.78, 5) is 37.5. The van der Waals surface area contributed by atoms with Crippen LogP contribution in [-0.4, -0.2) is 32.9 Å². The summed E-state index contributed by atoms with van der Waals surface area (Å²) in [6, 6.07) is 8.60. The maximum Gasteiger partial charge on any atom is 0.351 e.